The van der Waals surface area contributed by atoms with Crippen molar-refractivity contribution in [3.05, 3.63) is 42.4 Å². The molecule has 1 saturated heterocycles. The monoisotopic (exact) mass is 495 g/mol. The molecule has 3 heterocycles. The Morgan fingerprint density at radius 3 is 2.78 bits per heavy atom. The van der Waals surface area contributed by atoms with Gasteiger partial charge in [0.1, 0.15) is 30.7 Å². The molecule has 1 aliphatic heterocycles. The molecule has 0 saturated carbocycles. The van der Waals surface area contributed by atoms with E-state index in [0.717, 1.165) is 65.9 Å². The van der Waals surface area contributed by atoms with Crippen molar-refractivity contribution < 1.29 is 19.4 Å². The summed E-state index contributed by atoms with van der Waals surface area (Å²) in [6.07, 6.45) is 8.85. The number of unbranched alkanes of at least 4 members (excludes halogenated alkanes) is 2. The van der Waals surface area contributed by atoms with Crippen molar-refractivity contribution in [3.63, 3.8) is 0 Å². The van der Waals surface area contributed by atoms with E-state index in [1.165, 1.54) is 19.3 Å². The zero-order valence-electron chi connectivity index (χ0n) is 21.7. The maximum atomic E-state index is 8.00. The number of fused-ring (bicyclic) bond motifs is 1. The van der Waals surface area contributed by atoms with E-state index in [-0.39, 0.29) is 6.10 Å². The number of aliphatic imine (C=N–C) groups is 1. The van der Waals surface area contributed by atoms with Gasteiger partial charge >= 0.3 is 0 Å². The molecule has 1 fully saturated rings. The number of anilines is 2. The van der Waals surface area contributed by atoms with Crippen molar-refractivity contribution >= 4 is 40.6 Å². The van der Waals surface area contributed by atoms with Crippen LogP contribution in [-0.4, -0.2) is 59.0 Å². The van der Waals surface area contributed by atoms with Gasteiger partial charge in [-0.05, 0) is 56.5 Å². The molecule has 9 nitrogen and oxygen atoms in total. The normalized spacial score (nSPS) is 14.9. The van der Waals surface area contributed by atoms with Gasteiger partial charge in [-0.25, -0.2) is 15.0 Å². The van der Waals surface area contributed by atoms with Crippen LogP contribution in [0.5, 0.6) is 5.88 Å². The molecule has 9 heteroatoms. The zero-order chi connectivity index (χ0) is 26.3. The standard InChI is InChI=1S/C25H31N5O2.CH4O.CH2O/c1-4-5-6-8-18(3)29-19-13-17(2)23-22(14-19)27-16-28-24(23)30-21-9-7-11-26-25(21)32-20-10-12-31-15-20;2*1-2/h7,9,11,13-14,16,20H,4-6,8,10,12,15H2,1-3H3,(H,27,28,30);2H,1H3;1H2/t20-;;/m0../s1. The molecule has 36 heavy (non-hydrogen) atoms. The number of hydrogen-bond acceptors (Lipinski definition) is 9. The topological polar surface area (TPSA) is 119 Å². The third-order valence-corrected chi connectivity index (χ3v) is 5.57. The van der Waals surface area contributed by atoms with Crippen molar-refractivity contribution in [2.75, 3.05) is 25.6 Å². The molecule has 1 aromatic carbocycles. The quantitative estimate of drug-likeness (QED) is 0.302. The largest absolute Gasteiger partial charge is 0.470 e. The lowest BCUT2D eigenvalue weighted by Crippen LogP contribution is -2.17. The molecule has 2 N–H and O–H groups in total. The fourth-order valence-corrected chi connectivity index (χ4v) is 3.91. The highest BCUT2D eigenvalue weighted by Crippen LogP contribution is 2.33. The first-order valence-corrected chi connectivity index (χ1v) is 12.1. The lowest BCUT2D eigenvalue weighted by atomic mass is 10.1. The van der Waals surface area contributed by atoms with E-state index in [9.17, 15) is 0 Å². The Morgan fingerprint density at radius 1 is 1.25 bits per heavy atom. The van der Waals surface area contributed by atoms with E-state index in [1.807, 2.05) is 25.0 Å². The average molecular weight is 496 g/mol. The number of hydrogen-bond donors (Lipinski definition) is 2. The average Bonchev–Trinajstić information content (AvgIpc) is 3.41. The van der Waals surface area contributed by atoms with Crippen LogP contribution in [0.1, 0.15) is 51.5 Å². The summed E-state index contributed by atoms with van der Waals surface area (Å²) in [7, 11) is 1.00. The van der Waals surface area contributed by atoms with E-state index in [2.05, 4.69) is 47.1 Å². The second kappa shape index (κ2) is 15.5. The van der Waals surface area contributed by atoms with Gasteiger partial charge in [0.05, 0.1) is 24.4 Å². The number of pyridine rings is 1. The van der Waals surface area contributed by atoms with Gasteiger partial charge in [-0.15, -0.1) is 0 Å². The number of rotatable bonds is 9. The van der Waals surface area contributed by atoms with Crippen molar-refractivity contribution in [1.29, 1.82) is 0 Å². The van der Waals surface area contributed by atoms with E-state index in [0.29, 0.717) is 12.5 Å². The third kappa shape index (κ3) is 8.07. The van der Waals surface area contributed by atoms with Gasteiger partial charge < -0.3 is 24.7 Å². The van der Waals surface area contributed by atoms with Crippen molar-refractivity contribution in [2.24, 2.45) is 4.99 Å². The van der Waals surface area contributed by atoms with Crippen LogP contribution in [0, 0.1) is 6.92 Å². The Hall–Kier alpha value is -3.43. The van der Waals surface area contributed by atoms with Gasteiger partial charge in [0.15, 0.2) is 0 Å². The van der Waals surface area contributed by atoms with Crippen LogP contribution in [0.3, 0.4) is 0 Å². The Bertz CT molecular complexity index is 1120. The molecule has 0 unspecified atom stereocenters. The van der Waals surface area contributed by atoms with Gasteiger partial charge in [0.25, 0.3) is 0 Å². The molecule has 1 aliphatic rings. The summed E-state index contributed by atoms with van der Waals surface area (Å²) in [5.74, 6) is 1.28. The molecule has 3 aromatic rings. The second-order valence-corrected chi connectivity index (χ2v) is 8.27. The van der Waals surface area contributed by atoms with Gasteiger partial charge in [0.2, 0.25) is 5.88 Å². The summed E-state index contributed by atoms with van der Waals surface area (Å²) in [6.45, 7) is 9.69. The minimum atomic E-state index is 0.0234. The van der Waals surface area contributed by atoms with Crippen LogP contribution in [0.15, 0.2) is 41.8 Å². The van der Waals surface area contributed by atoms with E-state index >= 15 is 0 Å². The lowest BCUT2D eigenvalue weighted by Gasteiger charge is -2.16. The van der Waals surface area contributed by atoms with Crippen LogP contribution < -0.4 is 10.1 Å². The predicted octanol–water partition coefficient (Wildman–Crippen LogP) is 5.34. The molecule has 2 aromatic heterocycles. The summed E-state index contributed by atoms with van der Waals surface area (Å²) in [5.41, 5.74) is 4.78. The zero-order valence-corrected chi connectivity index (χ0v) is 21.7. The smallest absolute Gasteiger partial charge is 0.238 e. The van der Waals surface area contributed by atoms with Gasteiger partial charge in [-0.1, -0.05) is 19.8 Å². The number of aryl methyl sites for hydroxylation is 1. The van der Waals surface area contributed by atoms with E-state index in [1.54, 1.807) is 12.5 Å². The Labute approximate surface area is 213 Å². The number of nitrogens with zero attached hydrogens (tertiary/aromatic N) is 4. The molecule has 194 valence electrons. The number of nitrogens with one attached hydrogen (secondary N) is 1. The van der Waals surface area contributed by atoms with Crippen molar-refractivity contribution in [1.82, 2.24) is 15.0 Å². The molecule has 0 bridgehead atoms. The van der Waals surface area contributed by atoms with Crippen molar-refractivity contribution in [2.45, 2.75) is 59.0 Å². The predicted molar refractivity (Wildman–Crippen MR) is 144 cm³/mol. The van der Waals surface area contributed by atoms with Crippen LogP contribution in [0.2, 0.25) is 0 Å². The summed E-state index contributed by atoms with van der Waals surface area (Å²) in [5, 5.41) is 11.4. The van der Waals surface area contributed by atoms with Crippen LogP contribution in [0.25, 0.3) is 10.9 Å². The SMILES string of the molecule is C=O.CCCCCC(C)=Nc1cc(C)c2c(Nc3cccnc3O[C@H]3CCOC3)ncnc2c1.CO. The number of aliphatic hydroxyl groups excluding tert-OH is 1. The first-order valence-electron chi connectivity index (χ1n) is 12.1. The molecular formula is C27H37N5O4. The minimum Gasteiger partial charge on any atom is -0.470 e. The van der Waals surface area contributed by atoms with Gasteiger partial charge in [-0.3, -0.25) is 4.99 Å². The molecule has 0 aliphatic carbocycles. The Kier molecular flexibility index (Phi) is 12.4. The number of benzene rings is 1. The fraction of sp³-hybridized carbons (Fsp3) is 0.444. The maximum Gasteiger partial charge on any atom is 0.238 e. The molecule has 1 atom stereocenters. The number of aliphatic hydroxyl groups is 1. The van der Waals surface area contributed by atoms with Crippen LogP contribution >= 0.6 is 0 Å². The third-order valence-electron chi connectivity index (χ3n) is 5.57. The fourth-order valence-electron chi connectivity index (χ4n) is 3.91. The van der Waals surface area contributed by atoms with Gasteiger partial charge in [-0.2, -0.15) is 0 Å². The van der Waals surface area contributed by atoms with Gasteiger partial charge in [0, 0.05) is 30.8 Å². The van der Waals surface area contributed by atoms with E-state index < -0.39 is 0 Å². The Balaban J connectivity index is 0.00000109. The highest BCUT2D eigenvalue weighted by Gasteiger charge is 2.20. The van der Waals surface area contributed by atoms with Crippen LogP contribution in [0.4, 0.5) is 17.2 Å². The Morgan fingerprint density at radius 2 is 2.06 bits per heavy atom. The highest BCUT2D eigenvalue weighted by atomic mass is 16.5. The molecule has 0 spiro atoms. The summed E-state index contributed by atoms with van der Waals surface area (Å²) >= 11 is 0. The summed E-state index contributed by atoms with van der Waals surface area (Å²) in [4.78, 5) is 26.3. The second-order valence-electron chi connectivity index (χ2n) is 8.27. The number of aromatic nitrogens is 3. The first kappa shape index (κ1) is 28.8. The van der Waals surface area contributed by atoms with E-state index in [4.69, 9.17) is 24.4 Å². The lowest BCUT2D eigenvalue weighted by molar-refractivity contribution is -0.0980. The number of carbonyl (C=O) groups is 1. The summed E-state index contributed by atoms with van der Waals surface area (Å²) in [6, 6.07) is 7.94. The first-order chi connectivity index (χ1) is 17.6. The van der Waals surface area contributed by atoms with Crippen molar-refractivity contribution in [3.8, 4) is 5.88 Å². The highest BCUT2D eigenvalue weighted by molar-refractivity contribution is 5.96. The number of ether oxygens (including phenoxy) is 2. The molecule has 0 amide bonds. The minimum absolute atomic E-state index is 0.0234. The van der Waals surface area contributed by atoms with Crippen LogP contribution in [-0.2, 0) is 9.53 Å². The number of carbonyl (C=O) groups excluding carboxylic acids is 1. The maximum absolute atomic E-state index is 8.00. The molecule has 0 radical (unpaired) electrons. The molecular weight excluding hydrogens is 458 g/mol. The molecule has 4 rings (SSSR count). The summed E-state index contributed by atoms with van der Waals surface area (Å²) < 4.78 is 11.5.